The summed E-state index contributed by atoms with van der Waals surface area (Å²) in [6.45, 7) is 3.59. The molecule has 6 nitrogen and oxygen atoms in total. The number of anilines is 2. The Bertz CT molecular complexity index is 501. The van der Waals surface area contributed by atoms with Crippen LogP contribution in [0.15, 0.2) is 12.1 Å². The van der Waals surface area contributed by atoms with Crippen LogP contribution in [0, 0.1) is 0 Å². The molecule has 0 atom stereocenters. The Balaban J connectivity index is 2.23. The summed E-state index contributed by atoms with van der Waals surface area (Å²) in [6.07, 6.45) is 0. The summed E-state index contributed by atoms with van der Waals surface area (Å²) >= 11 is 6.20. The van der Waals surface area contributed by atoms with Gasteiger partial charge in [-0.15, -0.1) is 0 Å². The number of nitrogens with two attached hydrogens (primary N) is 1. The van der Waals surface area contributed by atoms with Gasteiger partial charge >= 0.3 is 5.97 Å². The molecule has 0 aromatic heterocycles. The zero-order valence-corrected chi connectivity index (χ0v) is 12.4. The minimum Gasteiger partial charge on any atom is -0.465 e. The van der Waals surface area contributed by atoms with E-state index in [1.54, 1.807) is 12.1 Å². The van der Waals surface area contributed by atoms with Crippen molar-refractivity contribution in [2.45, 2.75) is 0 Å². The molecule has 2 rings (SSSR count). The van der Waals surface area contributed by atoms with E-state index in [0.29, 0.717) is 22.0 Å². The molecule has 1 heterocycles. The molecule has 1 aliphatic rings. The average Bonchev–Trinajstić information content (AvgIpc) is 2.42. The van der Waals surface area contributed by atoms with E-state index in [1.165, 1.54) is 7.11 Å². The van der Waals surface area contributed by atoms with E-state index < -0.39 is 5.97 Å². The van der Waals surface area contributed by atoms with Crippen LogP contribution in [0.1, 0.15) is 10.4 Å². The average molecular weight is 299 g/mol. The van der Waals surface area contributed by atoms with Crippen molar-refractivity contribution < 1.29 is 9.53 Å². The lowest BCUT2D eigenvalue weighted by atomic mass is 10.1. The maximum absolute atomic E-state index is 11.8. The lowest BCUT2D eigenvalue weighted by molar-refractivity contribution is 0.0601. The van der Waals surface area contributed by atoms with Gasteiger partial charge in [-0.25, -0.2) is 9.80 Å². The van der Waals surface area contributed by atoms with Crippen molar-refractivity contribution in [1.29, 1.82) is 0 Å². The van der Waals surface area contributed by atoms with E-state index in [4.69, 9.17) is 22.1 Å². The summed E-state index contributed by atoms with van der Waals surface area (Å²) in [5, 5.41) is 2.44. The van der Waals surface area contributed by atoms with Crippen LogP contribution in [0.25, 0.3) is 0 Å². The fourth-order valence-corrected chi connectivity index (χ4v) is 2.36. The van der Waals surface area contributed by atoms with Crippen molar-refractivity contribution in [2.24, 2.45) is 0 Å². The molecular formula is C13H19ClN4O2. The van der Waals surface area contributed by atoms with Gasteiger partial charge in [0, 0.05) is 31.9 Å². The maximum atomic E-state index is 11.8. The number of rotatable bonds is 3. The van der Waals surface area contributed by atoms with Gasteiger partial charge in [-0.1, -0.05) is 11.6 Å². The minimum atomic E-state index is -0.462. The quantitative estimate of drug-likeness (QED) is 0.647. The number of ether oxygens (including phenoxy) is 1. The molecule has 110 valence electrons. The Hall–Kier alpha value is -1.50. The van der Waals surface area contributed by atoms with Crippen LogP contribution in [-0.4, -0.2) is 56.2 Å². The van der Waals surface area contributed by atoms with Gasteiger partial charge in [-0.05, 0) is 19.2 Å². The zero-order chi connectivity index (χ0) is 14.7. The second-order valence-corrected chi connectivity index (χ2v) is 5.23. The lowest BCUT2D eigenvalue weighted by Crippen LogP contribution is -2.47. The first-order chi connectivity index (χ1) is 9.51. The Morgan fingerprint density at radius 2 is 2.00 bits per heavy atom. The summed E-state index contributed by atoms with van der Waals surface area (Å²) in [5.41, 5.74) is 10.2. The molecule has 7 heteroatoms. The van der Waals surface area contributed by atoms with E-state index >= 15 is 0 Å². The molecule has 20 heavy (non-hydrogen) atoms. The molecule has 1 aliphatic heterocycles. The van der Waals surface area contributed by atoms with Gasteiger partial charge in [0.05, 0.1) is 23.4 Å². The zero-order valence-electron chi connectivity index (χ0n) is 11.6. The van der Waals surface area contributed by atoms with Crippen LogP contribution in [0.4, 0.5) is 11.4 Å². The van der Waals surface area contributed by atoms with Crippen LogP contribution < -0.4 is 11.2 Å². The molecule has 0 amide bonds. The number of carbonyl (C=O) groups is 1. The third kappa shape index (κ3) is 3.33. The summed E-state index contributed by atoms with van der Waals surface area (Å²) in [7, 11) is 3.41. The number of hydrogen-bond donors (Lipinski definition) is 2. The number of methoxy groups -OCH3 is 1. The molecule has 3 N–H and O–H groups in total. The van der Waals surface area contributed by atoms with Crippen molar-refractivity contribution in [2.75, 3.05) is 51.5 Å². The van der Waals surface area contributed by atoms with Gasteiger partial charge < -0.3 is 20.8 Å². The van der Waals surface area contributed by atoms with Crippen LogP contribution >= 0.6 is 11.6 Å². The molecule has 0 spiro atoms. The number of carbonyl (C=O) groups excluding carboxylic acids is 1. The second-order valence-electron chi connectivity index (χ2n) is 4.82. The number of hydrazine groups is 1. The van der Waals surface area contributed by atoms with E-state index in [-0.39, 0.29) is 0 Å². The second kappa shape index (κ2) is 6.30. The Morgan fingerprint density at radius 3 is 2.60 bits per heavy atom. The molecule has 0 radical (unpaired) electrons. The van der Waals surface area contributed by atoms with Crippen molar-refractivity contribution >= 4 is 28.9 Å². The van der Waals surface area contributed by atoms with Crippen molar-refractivity contribution in [1.82, 2.24) is 9.91 Å². The van der Waals surface area contributed by atoms with Crippen molar-refractivity contribution in [3.8, 4) is 0 Å². The number of benzene rings is 1. The first-order valence-electron chi connectivity index (χ1n) is 6.38. The van der Waals surface area contributed by atoms with Gasteiger partial charge in [-0.2, -0.15) is 0 Å². The topological polar surface area (TPSA) is 70.8 Å². The van der Waals surface area contributed by atoms with Gasteiger partial charge in [-0.3, -0.25) is 0 Å². The smallest absolute Gasteiger partial charge is 0.340 e. The molecule has 0 bridgehead atoms. The number of halogens is 1. The van der Waals surface area contributed by atoms with Gasteiger partial charge in [0.2, 0.25) is 0 Å². The molecule has 1 saturated heterocycles. The van der Waals surface area contributed by atoms with Gasteiger partial charge in [0.15, 0.2) is 0 Å². The third-order valence-electron chi connectivity index (χ3n) is 3.29. The highest BCUT2D eigenvalue weighted by atomic mass is 35.5. The van der Waals surface area contributed by atoms with E-state index in [1.807, 2.05) is 5.01 Å². The summed E-state index contributed by atoms with van der Waals surface area (Å²) in [4.78, 5) is 14.1. The highest BCUT2D eigenvalue weighted by Crippen LogP contribution is 2.30. The van der Waals surface area contributed by atoms with Crippen LogP contribution in [0.5, 0.6) is 0 Å². The monoisotopic (exact) mass is 298 g/mol. The van der Waals surface area contributed by atoms with E-state index in [9.17, 15) is 4.79 Å². The highest BCUT2D eigenvalue weighted by molar-refractivity contribution is 6.34. The largest absolute Gasteiger partial charge is 0.465 e. The number of nitrogens with zero attached hydrogens (tertiary/aromatic N) is 2. The standard InChI is InChI=1S/C13H19ClN4O2/c1-17-3-5-18(6-4-17)16-12-10(13(19)20-2)7-9(15)8-11(12)14/h7-8,16H,3-6,15H2,1-2H3. The van der Waals surface area contributed by atoms with Crippen LogP contribution in [0.3, 0.4) is 0 Å². The minimum absolute atomic E-state index is 0.344. The Kier molecular flexibility index (Phi) is 4.69. The van der Waals surface area contributed by atoms with E-state index in [2.05, 4.69) is 17.4 Å². The first kappa shape index (κ1) is 14.9. The van der Waals surface area contributed by atoms with Crippen molar-refractivity contribution in [3.63, 3.8) is 0 Å². The SMILES string of the molecule is COC(=O)c1cc(N)cc(Cl)c1NN1CCN(C)CC1. The molecular weight excluding hydrogens is 280 g/mol. The molecule has 0 aliphatic carbocycles. The molecule has 1 fully saturated rings. The maximum Gasteiger partial charge on any atom is 0.340 e. The first-order valence-corrected chi connectivity index (χ1v) is 6.76. The number of hydrogen-bond acceptors (Lipinski definition) is 6. The number of likely N-dealkylation sites (N-methyl/N-ethyl adjacent to an activating group) is 1. The predicted octanol–water partition coefficient (Wildman–Crippen LogP) is 1.28. The number of nitrogen functional groups attached to an aromatic ring is 1. The van der Waals surface area contributed by atoms with E-state index in [0.717, 1.165) is 26.2 Å². The third-order valence-corrected chi connectivity index (χ3v) is 3.59. The summed E-state index contributed by atoms with van der Waals surface area (Å²) in [5.74, 6) is -0.462. The number of esters is 1. The summed E-state index contributed by atoms with van der Waals surface area (Å²) < 4.78 is 4.77. The molecule has 0 saturated carbocycles. The fraction of sp³-hybridized carbons (Fsp3) is 0.462. The van der Waals surface area contributed by atoms with Crippen LogP contribution in [0.2, 0.25) is 5.02 Å². The van der Waals surface area contributed by atoms with Gasteiger partial charge in [0.1, 0.15) is 0 Å². The molecule has 0 unspecified atom stereocenters. The number of nitrogens with one attached hydrogen (secondary N) is 1. The fourth-order valence-electron chi connectivity index (χ4n) is 2.09. The van der Waals surface area contributed by atoms with Crippen LogP contribution in [-0.2, 0) is 4.74 Å². The van der Waals surface area contributed by atoms with Gasteiger partial charge in [0.25, 0.3) is 0 Å². The highest BCUT2D eigenvalue weighted by Gasteiger charge is 2.20. The summed E-state index contributed by atoms with van der Waals surface area (Å²) in [6, 6.07) is 3.18. The van der Waals surface area contributed by atoms with Crippen molar-refractivity contribution in [3.05, 3.63) is 22.7 Å². The number of piperazine rings is 1. The molecule has 1 aromatic rings. The normalized spacial score (nSPS) is 16.9. The lowest BCUT2D eigenvalue weighted by Gasteiger charge is -2.33. The Morgan fingerprint density at radius 1 is 1.35 bits per heavy atom. The molecule has 1 aromatic carbocycles. The Labute approximate surface area is 123 Å². The predicted molar refractivity (Wildman–Crippen MR) is 79.9 cm³/mol.